The highest BCUT2D eigenvalue weighted by Gasteiger charge is 2.38. The maximum atomic E-state index is 14.9. The van der Waals surface area contributed by atoms with Gasteiger partial charge in [-0.15, -0.1) is 0 Å². The number of carbonyl (C=O) groups excluding carboxylic acids is 4. The third-order valence-corrected chi connectivity index (χ3v) is 12.0. The Kier molecular flexibility index (Phi) is 17.7. The number of hydrogen-bond acceptors (Lipinski definition) is 16. The molecule has 4 bridgehead atoms. The summed E-state index contributed by atoms with van der Waals surface area (Å²) in [5.74, 6) is -6.19. The number of ether oxygens (including phenoxy) is 2. The molecule has 0 spiro atoms. The predicted molar refractivity (Wildman–Crippen MR) is 261 cm³/mol. The summed E-state index contributed by atoms with van der Waals surface area (Å²) in [5.41, 5.74) is 19.3. The maximum Gasteiger partial charge on any atom is 0.326 e. The van der Waals surface area contributed by atoms with Crippen molar-refractivity contribution in [3.8, 4) is 45.8 Å². The van der Waals surface area contributed by atoms with E-state index in [1.807, 2.05) is 31.6 Å². The first-order valence-electron chi connectivity index (χ1n) is 22.4. The van der Waals surface area contributed by atoms with Crippen LogP contribution >= 0.6 is 0 Å². The Labute approximate surface area is 410 Å². The lowest BCUT2D eigenvalue weighted by atomic mass is 9.85. The van der Waals surface area contributed by atoms with Crippen molar-refractivity contribution in [2.45, 2.75) is 83.5 Å². The largest absolute Gasteiger partial charge is 0.504 e. The van der Waals surface area contributed by atoms with E-state index in [0.717, 1.165) is 17.5 Å². The van der Waals surface area contributed by atoms with Crippen LogP contribution < -0.4 is 52.5 Å². The number of nitrogens with two attached hydrogens (primary N) is 4. The van der Waals surface area contributed by atoms with Crippen LogP contribution in [0.25, 0.3) is 22.5 Å². The van der Waals surface area contributed by atoms with E-state index >= 15 is 0 Å². The zero-order valence-electron chi connectivity index (χ0n) is 40.2. The van der Waals surface area contributed by atoms with Crippen LogP contribution in [0.15, 0.2) is 48.5 Å². The second-order valence-electron chi connectivity index (χ2n) is 17.8. The molecule has 0 fully saturated rings. The number of aryl methyl sites for hydroxylation is 1. The van der Waals surface area contributed by atoms with Gasteiger partial charge in [-0.3, -0.25) is 19.2 Å². The Bertz CT molecular complexity index is 2830. The lowest BCUT2D eigenvalue weighted by Gasteiger charge is -2.33. The van der Waals surface area contributed by atoms with Crippen molar-refractivity contribution in [1.82, 2.24) is 35.5 Å². The summed E-state index contributed by atoms with van der Waals surface area (Å²) in [7, 11) is -3.37. The molecule has 1 aromatic heterocycles. The number of amides is 4. The van der Waals surface area contributed by atoms with Crippen molar-refractivity contribution >= 4 is 45.6 Å². The van der Waals surface area contributed by atoms with Crippen LogP contribution in [0.5, 0.6) is 17.2 Å². The van der Waals surface area contributed by atoms with Crippen LogP contribution in [-0.4, -0.2) is 121 Å². The number of hydrogen-bond donors (Lipinski definition) is 10. The first-order valence-corrected chi connectivity index (χ1v) is 24.0. The van der Waals surface area contributed by atoms with E-state index in [9.17, 15) is 47.9 Å². The molecule has 4 atom stereocenters. The molecule has 71 heavy (non-hydrogen) atoms. The minimum absolute atomic E-state index is 0.0108. The SMILES string of the molecule is Cc1nc(-c2ccc(C(C)(C)C)cc2C#N)nc(N)c1C(=O)N[C@@H](CNS(N)(=O)=O)C(=O)N(C)[C@@H]1C(=O)N[C@@H](C)C(=O)N[C@H](C(=O)O)Cc2ccc(OCCCN)c(c2)-c2cc1cc(OCCCN)c2O. The molecular weight excluding hydrogens is 941 g/mol. The third kappa shape index (κ3) is 13.5. The van der Waals surface area contributed by atoms with Gasteiger partial charge in [0.25, 0.3) is 16.1 Å². The summed E-state index contributed by atoms with van der Waals surface area (Å²) >= 11 is 0. The molecule has 1 aliphatic rings. The molecule has 0 unspecified atom stereocenters. The second kappa shape index (κ2) is 23.0. The van der Waals surface area contributed by atoms with E-state index in [-0.39, 0.29) is 94.8 Å². The minimum atomic E-state index is -4.53. The summed E-state index contributed by atoms with van der Waals surface area (Å²) in [6, 6.07) is 8.11. The van der Waals surface area contributed by atoms with Crippen molar-refractivity contribution in [2.24, 2.45) is 16.6 Å². The lowest BCUT2D eigenvalue weighted by Crippen LogP contribution is -2.57. The maximum absolute atomic E-state index is 14.9. The molecule has 380 valence electrons. The number of phenols is 1. The number of nitrogen functional groups attached to an aromatic ring is 1. The topological polar surface area (TPSA) is 383 Å². The van der Waals surface area contributed by atoms with E-state index in [0.29, 0.717) is 24.0 Å². The number of nitrogens with zero attached hydrogens (tertiary/aromatic N) is 4. The van der Waals surface area contributed by atoms with Crippen molar-refractivity contribution in [3.05, 3.63) is 82.0 Å². The lowest BCUT2D eigenvalue weighted by molar-refractivity contribution is -0.143. The zero-order valence-corrected chi connectivity index (χ0v) is 41.0. The smallest absolute Gasteiger partial charge is 0.326 e. The number of aliphatic carboxylic acids is 1. The standard InChI is InChI=1S/C47H60N12O11S/c1-24-37(40(51)58-41(54-24)30-11-10-29(47(3,4)5)19-28(30)22-50)43(62)57-34(23-53-71(52,67)68)45(64)59(6)38-27-20-32(39(60)36(21-27)70-16-8-14-49)31-17-26(9-12-35(31)69-15-7-13-48)18-33(46(65)66)56-42(61)25(2)55-44(38)63/h9-12,17,19-21,25,33-34,38,53,60H,7-8,13-16,18,23,48-49H2,1-6H3,(H,55,63)(H,56,61)(H,57,62)(H,65,66)(H2,51,54,58)(H2,52,67,68)/t25-,33-,34-,38-/m0/s1. The number of benzene rings is 3. The summed E-state index contributed by atoms with van der Waals surface area (Å²) in [4.78, 5) is 79.5. The van der Waals surface area contributed by atoms with E-state index in [2.05, 4.69) is 32.0 Å². The molecule has 1 aliphatic heterocycles. The first-order chi connectivity index (χ1) is 33.4. The third-order valence-electron chi connectivity index (χ3n) is 11.4. The van der Waals surface area contributed by atoms with Gasteiger partial charge >= 0.3 is 5.97 Å². The number of carboxylic acids is 1. The molecule has 4 amide bonds. The Morgan fingerprint density at radius 3 is 2.21 bits per heavy atom. The average Bonchev–Trinajstić information content (AvgIpc) is 3.29. The van der Waals surface area contributed by atoms with Crippen LogP contribution in [0.3, 0.4) is 0 Å². The number of carboxylic acid groups (broad SMARTS) is 1. The highest BCUT2D eigenvalue weighted by atomic mass is 32.2. The number of phenolic OH excluding ortho intramolecular Hbond substituents is 1. The molecule has 24 heteroatoms. The fraction of sp³-hybridized carbons (Fsp3) is 0.404. The van der Waals surface area contributed by atoms with E-state index in [1.165, 1.54) is 26.0 Å². The normalized spacial score (nSPS) is 16.6. The van der Waals surface area contributed by atoms with Gasteiger partial charge in [0, 0.05) is 36.7 Å². The quantitative estimate of drug-likeness (QED) is 0.0653. The fourth-order valence-corrected chi connectivity index (χ4v) is 8.01. The molecule has 23 nitrogen and oxygen atoms in total. The summed E-state index contributed by atoms with van der Waals surface area (Å²) < 4.78 is 38.6. The monoisotopic (exact) mass is 1000 g/mol. The number of rotatable bonds is 17. The minimum Gasteiger partial charge on any atom is -0.504 e. The number of aromatic hydroxyl groups is 1. The van der Waals surface area contributed by atoms with E-state index < -0.39 is 76.3 Å². The molecule has 0 radical (unpaired) electrons. The van der Waals surface area contributed by atoms with Gasteiger partial charge in [0.05, 0.1) is 30.5 Å². The van der Waals surface area contributed by atoms with Crippen molar-refractivity contribution < 1.29 is 52.1 Å². The second-order valence-corrected chi connectivity index (χ2v) is 19.2. The Morgan fingerprint density at radius 2 is 1.62 bits per heavy atom. The number of nitrogens with one attached hydrogen (secondary N) is 4. The van der Waals surface area contributed by atoms with Gasteiger partial charge in [0.1, 0.15) is 41.3 Å². The van der Waals surface area contributed by atoms with Gasteiger partial charge in [-0.25, -0.2) is 19.9 Å². The Hall–Kier alpha value is -7.43. The number of fused-ring (bicyclic) bond motifs is 5. The van der Waals surface area contributed by atoms with Crippen LogP contribution in [0.2, 0.25) is 0 Å². The summed E-state index contributed by atoms with van der Waals surface area (Å²) in [5, 5.41) is 44.8. The van der Waals surface area contributed by atoms with Gasteiger partial charge in [-0.2, -0.15) is 18.4 Å². The zero-order chi connectivity index (χ0) is 52.5. The van der Waals surface area contributed by atoms with E-state index in [4.69, 9.17) is 31.8 Å². The number of carbonyl (C=O) groups is 5. The molecule has 0 saturated heterocycles. The number of likely N-dealkylation sites (N-methyl/N-ethyl adjacent to an activating group) is 1. The molecule has 0 aliphatic carbocycles. The van der Waals surface area contributed by atoms with Gasteiger partial charge in [-0.1, -0.05) is 32.9 Å². The van der Waals surface area contributed by atoms with Crippen LogP contribution in [0.4, 0.5) is 5.82 Å². The predicted octanol–water partition coefficient (Wildman–Crippen LogP) is 0.753. The highest BCUT2D eigenvalue weighted by Crippen LogP contribution is 2.45. The average molecular weight is 1000 g/mol. The van der Waals surface area contributed by atoms with Crippen molar-refractivity contribution in [3.63, 3.8) is 0 Å². The van der Waals surface area contributed by atoms with Gasteiger partial charge in [0.2, 0.25) is 17.7 Å². The summed E-state index contributed by atoms with van der Waals surface area (Å²) in [6.07, 6.45) is 0.529. The Morgan fingerprint density at radius 1 is 0.958 bits per heavy atom. The van der Waals surface area contributed by atoms with Crippen LogP contribution in [0, 0.1) is 18.3 Å². The summed E-state index contributed by atoms with van der Waals surface area (Å²) in [6.45, 7) is 8.40. The molecule has 2 heterocycles. The fourth-order valence-electron chi connectivity index (χ4n) is 7.61. The number of aromatic nitrogens is 2. The van der Waals surface area contributed by atoms with Gasteiger partial charge in [-0.05, 0) is 98.3 Å². The van der Waals surface area contributed by atoms with Gasteiger partial charge < -0.3 is 57.7 Å². The van der Waals surface area contributed by atoms with Crippen LogP contribution in [-0.2, 0) is 41.2 Å². The van der Waals surface area contributed by atoms with Crippen molar-refractivity contribution in [2.75, 3.05) is 45.6 Å². The number of anilines is 1. The molecule has 3 aromatic carbocycles. The molecular formula is C47H60N12O11S. The molecule has 5 rings (SSSR count). The van der Waals surface area contributed by atoms with E-state index in [1.54, 1.807) is 30.3 Å². The van der Waals surface area contributed by atoms with Crippen molar-refractivity contribution in [1.29, 1.82) is 5.26 Å². The van der Waals surface area contributed by atoms with Gasteiger partial charge in [0.15, 0.2) is 17.3 Å². The number of nitriles is 1. The molecule has 4 aromatic rings. The van der Waals surface area contributed by atoms with Crippen LogP contribution in [0.1, 0.15) is 84.9 Å². The Balaban J connectivity index is 1.66. The molecule has 14 N–H and O–H groups in total. The highest BCUT2D eigenvalue weighted by molar-refractivity contribution is 7.87. The first kappa shape index (κ1) is 54.5. The molecule has 0 saturated carbocycles.